The van der Waals surface area contributed by atoms with Crippen LogP contribution in [0.2, 0.25) is 0 Å². The molecule has 0 bridgehead atoms. The topological polar surface area (TPSA) is 56.7 Å². The van der Waals surface area contributed by atoms with Gasteiger partial charge in [0.25, 0.3) is 0 Å². The minimum absolute atomic E-state index is 0.359. The molecule has 0 saturated carbocycles. The van der Waals surface area contributed by atoms with E-state index in [0.29, 0.717) is 18.3 Å². The second-order valence-corrected chi connectivity index (χ2v) is 5.26. The fraction of sp³-hybridized carbons (Fsp3) is 0.250. The Morgan fingerprint density at radius 2 is 2.37 bits per heavy atom. The smallest absolute Gasteiger partial charge is 0.236 e. The molecule has 0 atom stereocenters. The molecule has 0 unspecified atom stereocenters. The number of alkyl halides is 1. The van der Waals surface area contributed by atoms with Crippen molar-refractivity contribution in [3.63, 3.8) is 0 Å². The van der Waals surface area contributed by atoms with E-state index in [1.807, 2.05) is 30.6 Å². The normalized spacial score (nSPS) is 11.1. The number of nitrogens with zero attached hydrogens (tertiary/aromatic N) is 4. The average molecular weight is 295 g/mol. The number of thiophene rings is 1. The van der Waals surface area contributed by atoms with Crippen molar-refractivity contribution in [2.24, 2.45) is 0 Å². The van der Waals surface area contributed by atoms with Gasteiger partial charge in [0.1, 0.15) is 11.5 Å². The molecule has 0 spiro atoms. The molecule has 0 aliphatic carbocycles. The van der Waals surface area contributed by atoms with Crippen molar-refractivity contribution in [1.82, 2.24) is 20.0 Å². The van der Waals surface area contributed by atoms with Crippen LogP contribution in [-0.4, -0.2) is 20.0 Å². The maximum Gasteiger partial charge on any atom is 0.236 e. The summed E-state index contributed by atoms with van der Waals surface area (Å²) in [6.45, 7) is 2.43. The fourth-order valence-electron chi connectivity index (χ4n) is 1.71. The SMILES string of the molecule is Cc1oc(-c2cccs2)nc1Cn1cc(CCl)nn1. The molecule has 98 valence electrons. The summed E-state index contributed by atoms with van der Waals surface area (Å²) < 4.78 is 7.39. The summed E-state index contributed by atoms with van der Waals surface area (Å²) in [6.07, 6.45) is 1.81. The molecule has 0 radical (unpaired) electrons. The monoisotopic (exact) mass is 294 g/mol. The molecule has 3 heterocycles. The number of rotatable bonds is 4. The van der Waals surface area contributed by atoms with E-state index < -0.39 is 0 Å². The predicted octanol–water partition coefficient (Wildman–Crippen LogP) is 3.09. The lowest BCUT2D eigenvalue weighted by atomic mass is 10.3. The third-order valence-electron chi connectivity index (χ3n) is 2.66. The van der Waals surface area contributed by atoms with Gasteiger partial charge in [0.05, 0.1) is 29.2 Å². The Bertz CT molecular complexity index is 674. The highest BCUT2D eigenvalue weighted by molar-refractivity contribution is 7.13. The molecule has 3 aromatic rings. The average Bonchev–Trinajstić information content (AvgIpc) is 3.12. The van der Waals surface area contributed by atoms with E-state index in [2.05, 4.69) is 15.3 Å². The molecule has 0 saturated heterocycles. The van der Waals surface area contributed by atoms with E-state index in [0.717, 1.165) is 22.0 Å². The molecule has 3 aromatic heterocycles. The number of hydrogen-bond donors (Lipinski definition) is 0. The first-order valence-corrected chi connectivity index (χ1v) is 7.13. The minimum Gasteiger partial charge on any atom is -0.440 e. The first kappa shape index (κ1) is 12.4. The number of hydrogen-bond acceptors (Lipinski definition) is 5. The lowest BCUT2D eigenvalue weighted by molar-refractivity contribution is 0.536. The lowest BCUT2D eigenvalue weighted by Crippen LogP contribution is -2.02. The summed E-state index contributed by atoms with van der Waals surface area (Å²) in [7, 11) is 0. The van der Waals surface area contributed by atoms with Crippen LogP contribution in [0.25, 0.3) is 10.8 Å². The first-order valence-electron chi connectivity index (χ1n) is 5.71. The van der Waals surface area contributed by atoms with Gasteiger partial charge >= 0.3 is 0 Å². The van der Waals surface area contributed by atoms with Crippen LogP contribution in [0.5, 0.6) is 0 Å². The Balaban J connectivity index is 1.85. The third-order valence-corrected chi connectivity index (χ3v) is 3.79. The maximum absolute atomic E-state index is 5.70. The van der Waals surface area contributed by atoms with Crippen LogP contribution in [0, 0.1) is 6.92 Å². The highest BCUT2D eigenvalue weighted by Crippen LogP contribution is 2.26. The van der Waals surface area contributed by atoms with Crippen LogP contribution < -0.4 is 0 Å². The van der Waals surface area contributed by atoms with Crippen molar-refractivity contribution in [3.8, 4) is 10.8 Å². The van der Waals surface area contributed by atoms with E-state index in [1.165, 1.54) is 0 Å². The minimum atomic E-state index is 0.359. The molecule has 7 heteroatoms. The van der Waals surface area contributed by atoms with E-state index in [9.17, 15) is 0 Å². The quantitative estimate of drug-likeness (QED) is 0.694. The number of aromatic nitrogens is 4. The van der Waals surface area contributed by atoms with E-state index in [1.54, 1.807) is 16.0 Å². The highest BCUT2D eigenvalue weighted by Gasteiger charge is 2.13. The van der Waals surface area contributed by atoms with Gasteiger partial charge < -0.3 is 4.42 Å². The summed E-state index contributed by atoms with van der Waals surface area (Å²) in [5.41, 5.74) is 1.61. The Morgan fingerprint density at radius 1 is 1.47 bits per heavy atom. The van der Waals surface area contributed by atoms with Crippen molar-refractivity contribution < 1.29 is 4.42 Å². The summed E-state index contributed by atoms with van der Waals surface area (Å²) in [5, 5.41) is 9.94. The molecule has 0 fully saturated rings. The molecular weight excluding hydrogens is 284 g/mol. The van der Waals surface area contributed by atoms with Crippen molar-refractivity contribution in [1.29, 1.82) is 0 Å². The summed E-state index contributed by atoms with van der Waals surface area (Å²) in [5.74, 6) is 1.81. The Hall–Kier alpha value is -1.66. The zero-order chi connectivity index (χ0) is 13.2. The zero-order valence-corrected chi connectivity index (χ0v) is 11.8. The van der Waals surface area contributed by atoms with E-state index in [4.69, 9.17) is 16.0 Å². The number of oxazole rings is 1. The van der Waals surface area contributed by atoms with Crippen molar-refractivity contribution >= 4 is 22.9 Å². The molecule has 0 amide bonds. The molecule has 0 N–H and O–H groups in total. The van der Waals surface area contributed by atoms with Crippen LogP contribution in [-0.2, 0) is 12.4 Å². The molecule has 5 nitrogen and oxygen atoms in total. The van der Waals surface area contributed by atoms with Gasteiger partial charge in [0, 0.05) is 0 Å². The van der Waals surface area contributed by atoms with Gasteiger partial charge in [-0.3, -0.25) is 0 Å². The Labute approximate surface area is 118 Å². The Morgan fingerprint density at radius 3 is 3.05 bits per heavy atom. The third kappa shape index (κ3) is 2.54. The molecule has 19 heavy (non-hydrogen) atoms. The van der Waals surface area contributed by atoms with Crippen LogP contribution in [0.4, 0.5) is 0 Å². The maximum atomic E-state index is 5.70. The summed E-state index contributed by atoms with van der Waals surface area (Å²) in [4.78, 5) is 5.53. The van der Waals surface area contributed by atoms with Crippen LogP contribution in [0.15, 0.2) is 28.1 Å². The van der Waals surface area contributed by atoms with Gasteiger partial charge in [-0.05, 0) is 18.4 Å². The van der Waals surface area contributed by atoms with Crippen LogP contribution in [0.3, 0.4) is 0 Å². The van der Waals surface area contributed by atoms with Gasteiger partial charge in [-0.15, -0.1) is 28.0 Å². The lowest BCUT2D eigenvalue weighted by Gasteiger charge is -1.95. The van der Waals surface area contributed by atoms with Crippen molar-refractivity contribution in [2.75, 3.05) is 0 Å². The standard InChI is InChI=1S/C12H11ClN4OS/c1-8-10(7-17-6-9(5-13)15-16-17)14-12(18-8)11-3-2-4-19-11/h2-4,6H,5,7H2,1H3. The molecule has 3 rings (SSSR count). The largest absolute Gasteiger partial charge is 0.440 e. The summed E-state index contributed by atoms with van der Waals surface area (Å²) >= 11 is 7.30. The van der Waals surface area contributed by atoms with Gasteiger partial charge in [-0.25, -0.2) is 9.67 Å². The number of halogens is 1. The molecule has 0 aromatic carbocycles. The number of aryl methyl sites for hydroxylation is 1. The fourth-order valence-corrected chi connectivity index (χ4v) is 2.48. The van der Waals surface area contributed by atoms with E-state index in [-0.39, 0.29) is 0 Å². The summed E-state index contributed by atoms with van der Waals surface area (Å²) in [6, 6.07) is 3.96. The van der Waals surface area contributed by atoms with Crippen molar-refractivity contribution in [2.45, 2.75) is 19.3 Å². The van der Waals surface area contributed by atoms with Crippen LogP contribution >= 0.6 is 22.9 Å². The predicted molar refractivity (Wildman–Crippen MR) is 73.2 cm³/mol. The molecular formula is C12H11ClN4OS. The van der Waals surface area contributed by atoms with Gasteiger partial charge in [0.15, 0.2) is 0 Å². The molecule has 0 aliphatic rings. The molecule has 0 aliphatic heterocycles. The Kier molecular flexibility index (Phi) is 3.35. The second-order valence-electron chi connectivity index (χ2n) is 4.04. The van der Waals surface area contributed by atoms with Crippen molar-refractivity contribution in [3.05, 3.63) is 40.9 Å². The van der Waals surface area contributed by atoms with Crippen LogP contribution in [0.1, 0.15) is 17.1 Å². The van der Waals surface area contributed by atoms with Gasteiger partial charge in [0.2, 0.25) is 5.89 Å². The van der Waals surface area contributed by atoms with E-state index >= 15 is 0 Å². The zero-order valence-electron chi connectivity index (χ0n) is 10.2. The first-order chi connectivity index (χ1) is 9.26. The highest BCUT2D eigenvalue weighted by atomic mass is 35.5. The van der Waals surface area contributed by atoms with Gasteiger partial charge in [-0.1, -0.05) is 11.3 Å². The second kappa shape index (κ2) is 5.14. The van der Waals surface area contributed by atoms with Gasteiger partial charge in [-0.2, -0.15) is 0 Å².